The molecule has 0 saturated carbocycles. The van der Waals surface area contributed by atoms with E-state index in [1.54, 1.807) is 20.2 Å². The quantitative estimate of drug-likeness (QED) is 0.402. The summed E-state index contributed by atoms with van der Waals surface area (Å²) in [6.07, 6.45) is 0.184. The van der Waals surface area contributed by atoms with Gasteiger partial charge in [-0.05, 0) is 55.9 Å². The number of aliphatic hydroxyl groups is 3. The van der Waals surface area contributed by atoms with Gasteiger partial charge in [0.05, 0.1) is 11.6 Å². The number of phenols is 1. The van der Waals surface area contributed by atoms with E-state index in [2.05, 4.69) is 0 Å². The highest BCUT2D eigenvalue weighted by atomic mass is 19.1. The summed E-state index contributed by atoms with van der Waals surface area (Å²) in [7, 11) is 3.13. The van der Waals surface area contributed by atoms with Gasteiger partial charge in [-0.3, -0.25) is 19.3 Å². The Morgan fingerprint density at radius 1 is 1.17 bits per heavy atom. The number of aliphatic hydroxyl groups excluding tert-OH is 2. The van der Waals surface area contributed by atoms with Crippen LogP contribution in [0.25, 0.3) is 10.8 Å². The molecule has 3 aliphatic rings. The average Bonchev–Trinajstić information content (AvgIpc) is 2.76. The van der Waals surface area contributed by atoms with Crippen LogP contribution in [-0.4, -0.2) is 68.5 Å². The summed E-state index contributed by atoms with van der Waals surface area (Å²) in [5.74, 6) is -7.75. The number of nitrogens with zero attached hydrogens (tertiary/aromatic N) is 1. The van der Waals surface area contributed by atoms with Crippen molar-refractivity contribution in [3.8, 4) is 5.75 Å². The van der Waals surface area contributed by atoms with Gasteiger partial charge in [0.25, 0.3) is 5.91 Å². The Labute approximate surface area is 198 Å². The topological polar surface area (TPSA) is 161 Å². The molecule has 0 unspecified atom stereocenters. The van der Waals surface area contributed by atoms with Gasteiger partial charge in [0.1, 0.15) is 28.7 Å². The van der Waals surface area contributed by atoms with E-state index in [9.17, 15) is 39.2 Å². The maximum absolute atomic E-state index is 13.8. The third-order valence-corrected chi connectivity index (χ3v) is 7.49. The van der Waals surface area contributed by atoms with Gasteiger partial charge in [-0.25, -0.2) is 4.39 Å². The van der Waals surface area contributed by atoms with Crippen LogP contribution in [0.15, 0.2) is 46.9 Å². The molecule has 2 aromatic carbocycles. The Hall–Kier alpha value is -3.76. The number of benzene rings is 2. The van der Waals surface area contributed by atoms with Gasteiger partial charge in [0, 0.05) is 16.9 Å². The van der Waals surface area contributed by atoms with Crippen LogP contribution in [0.1, 0.15) is 22.3 Å². The number of hydrogen-bond acceptors (Lipinski definition) is 8. The van der Waals surface area contributed by atoms with Crippen LogP contribution < -0.4 is 5.73 Å². The minimum Gasteiger partial charge on any atom is -0.510 e. The molecule has 0 bridgehead atoms. The summed E-state index contributed by atoms with van der Waals surface area (Å²) < 4.78 is 13.8. The molecule has 0 spiro atoms. The molecule has 9 nitrogen and oxygen atoms in total. The van der Waals surface area contributed by atoms with Crippen molar-refractivity contribution in [1.29, 1.82) is 0 Å². The van der Waals surface area contributed by atoms with Crippen molar-refractivity contribution >= 4 is 28.2 Å². The van der Waals surface area contributed by atoms with E-state index in [4.69, 9.17) is 5.73 Å². The molecule has 0 heterocycles. The lowest BCUT2D eigenvalue weighted by Crippen LogP contribution is -2.63. The molecule has 4 atom stereocenters. The molecule has 1 amide bonds. The molecule has 0 aliphatic heterocycles. The molecule has 0 saturated heterocycles. The number of primary amides is 1. The number of ketones is 2. The maximum atomic E-state index is 13.8. The van der Waals surface area contributed by atoms with Gasteiger partial charge in [-0.15, -0.1) is 0 Å². The largest absolute Gasteiger partial charge is 0.510 e. The summed E-state index contributed by atoms with van der Waals surface area (Å²) in [6, 6.07) is 4.41. The number of hydrogen-bond donors (Lipinski definition) is 5. The van der Waals surface area contributed by atoms with E-state index in [1.165, 1.54) is 17.0 Å². The van der Waals surface area contributed by atoms with Gasteiger partial charge in [0.15, 0.2) is 11.4 Å². The number of phenolic OH excluding ortho intramolecular Hbond substituents is 1. The Morgan fingerprint density at radius 3 is 2.49 bits per heavy atom. The molecule has 5 rings (SSSR count). The Balaban J connectivity index is 1.75. The van der Waals surface area contributed by atoms with Crippen molar-refractivity contribution < 1.29 is 39.2 Å². The summed E-state index contributed by atoms with van der Waals surface area (Å²) >= 11 is 0. The van der Waals surface area contributed by atoms with Crippen LogP contribution in [0.4, 0.5) is 4.39 Å². The second-order valence-corrected chi connectivity index (χ2v) is 9.59. The van der Waals surface area contributed by atoms with Crippen molar-refractivity contribution in [2.45, 2.75) is 24.5 Å². The molecular weight excluding hydrogens is 459 g/mol. The zero-order valence-corrected chi connectivity index (χ0v) is 18.9. The summed E-state index contributed by atoms with van der Waals surface area (Å²) in [5, 5.41) is 45.0. The number of likely N-dealkylation sites (N-methyl/N-ethyl adjacent to an activating group) is 1. The van der Waals surface area contributed by atoms with Crippen molar-refractivity contribution in [2.75, 3.05) is 14.1 Å². The number of carbonyl (C=O) groups is 3. The minimum atomic E-state index is -2.69. The first-order valence-corrected chi connectivity index (χ1v) is 11.0. The predicted octanol–water partition coefficient (Wildman–Crippen LogP) is 1.41. The maximum Gasteiger partial charge on any atom is 0.255 e. The van der Waals surface area contributed by atoms with E-state index >= 15 is 0 Å². The summed E-state index contributed by atoms with van der Waals surface area (Å²) in [5.41, 5.74) is 1.83. The standard InChI is InChI=1S/C25H23FN2O7/c1-28(2)18-14-7-11-6-10-5-9-3-4-12(26)8-13(9)19(29)15(10)20(30)16(11)22(32)25(14,35)23(33)17(21(18)31)24(27)34/h3-5,8,11,14,18,29,31-32,35H,6-7H2,1-2H3,(H2,27,34)/t11-,14-,18-,25-/m0/s1. The van der Waals surface area contributed by atoms with Crippen LogP contribution in [0.2, 0.25) is 0 Å². The van der Waals surface area contributed by atoms with E-state index in [0.29, 0.717) is 10.9 Å². The van der Waals surface area contributed by atoms with E-state index in [-0.39, 0.29) is 29.4 Å². The van der Waals surface area contributed by atoms with Gasteiger partial charge in [-0.2, -0.15) is 0 Å². The van der Waals surface area contributed by atoms with E-state index in [0.717, 1.165) is 6.07 Å². The minimum absolute atomic E-state index is 0.00792. The number of Topliss-reactive ketones (excluding diaryl/α,β-unsaturated/α-hetero) is 2. The summed E-state index contributed by atoms with van der Waals surface area (Å²) in [4.78, 5) is 40.3. The Bertz CT molecular complexity index is 1430. The second kappa shape index (κ2) is 7.37. The van der Waals surface area contributed by atoms with E-state index < -0.39 is 69.6 Å². The van der Waals surface area contributed by atoms with Crippen LogP contribution in [0.3, 0.4) is 0 Å². The molecular formula is C25H23FN2O7. The number of allylic oxidation sites excluding steroid dienone is 1. The van der Waals surface area contributed by atoms with Crippen molar-refractivity contribution in [1.82, 2.24) is 4.90 Å². The number of aromatic hydroxyl groups is 1. The monoisotopic (exact) mass is 482 g/mol. The first-order chi connectivity index (χ1) is 16.4. The van der Waals surface area contributed by atoms with Crippen molar-refractivity contribution in [2.24, 2.45) is 17.6 Å². The third kappa shape index (κ3) is 2.90. The van der Waals surface area contributed by atoms with Crippen LogP contribution in [-0.2, 0) is 16.0 Å². The fourth-order valence-electron chi connectivity index (χ4n) is 5.99. The molecule has 10 heteroatoms. The number of halogens is 1. The fraction of sp³-hybridized carbons (Fsp3) is 0.320. The van der Waals surface area contributed by atoms with Crippen molar-refractivity contribution in [3.05, 3.63) is 63.9 Å². The molecule has 35 heavy (non-hydrogen) atoms. The lowest BCUT2D eigenvalue weighted by atomic mass is 9.58. The molecule has 0 fully saturated rings. The number of nitrogens with two attached hydrogens (primary N) is 1. The van der Waals surface area contributed by atoms with Gasteiger partial charge in [-0.1, -0.05) is 12.1 Å². The lowest BCUT2D eigenvalue weighted by molar-refractivity contribution is -0.148. The molecule has 0 aromatic heterocycles. The SMILES string of the molecule is CN(C)[C@@H]1C(O)=C(C(N)=O)C(=O)[C@@]2(O)C(O)=C3C(=O)c4c(cc5ccc(F)cc5c4O)C[C@H]3C[C@@H]12. The number of rotatable bonds is 2. The van der Waals surface area contributed by atoms with Crippen LogP contribution in [0.5, 0.6) is 5.75 Å². The van der Waals surface area contributed by atoms with Gasteiger partial charge >= 0.3 is 0 Å². The molecule has 2 aromatic rings. The Morgan fingerprint density at radius 2 is 1.86 bits per heavy atom. The lowest BCUT2D eigenvalue weighted by Gasteiger charge is -2.50. The highest BCUT2D eigenvalue weighted by Crippen LogP contribution is 2.52. The number of amides is 1. The van der Waals surface area contributed by atoms with Gasteiger partial charge in [0.2, 0.25) is 5.78 Å². The molecule has 0 radical (unpaired) electrons. The predicted molar refractivity (Wildman–Crippen MR) is 121 cm³/mol. The highest BCUT2D eigenvalue weighted by molar-refractivity contribution is 6.25. The van der Waals surface area contributed by atoms with E-state index in [1.807, 2.05) is 0 Å². The molecule has 6 N–H and O–H groups in total. The number of carbonyl (C=O) groups excluding carboxylic acids is 3. The zero-order chi connectivity index (χ0) is 25.6. The normalized spacial score (nSPS) is 28.3. The first kappa shape index (κ1) is 23.0. The van der Waals surface area contributed by atoms with Crippen LogP contribution >= 0.6 is 0 Å². The molecule has 182 valence electrons. The smallest absolute Gasteiger partial charge is 0.255 e. The highest BCUT2D eigenvalue weighted by Gasteiger charge is 2.63. The van der Waals surface area contributed by atoms with Crippen LogP contribution in [0, 0.1) is 17.7 Å². The number of fused-ring (bicyclic) bond motifs is 4. The summed E-state index contributed by atoms with van der Waals surface area (Å²) in [6.45, 7) is 0. The van der Waals surface area contributed by atoms with Crippen molar-refractivity contribution in [3.63, 3.8) is 0 Å². The molecule has 3 aliphatic carbocycles. The second-order valence-electron chi connectivity index (χ2n) is 9.59. The Kier molecular flexibility index (Phi) is 4.84. The first-order valence-electron chi connectivity index (χ1n) is 11.0. The fourth-order valence-corrected chi connectivity index (χ4v) is 5.99. The van der Waals surface area contributed by atoms with Gasteiger partial charge < -0.3 is 26.2 Å². The average molecular weight is 482 g/mol. The zero-order valence-electron chi connectivity index (χ0n) is 18.9. The third-order valence-electron chi connectivity index (χ3n) is 7.49.